The molecule has 1 aliphatic heterocycles. The average molecular weight is 385 g/mol. The molecule has 1 saturated carbocycles. The molecule has 148 valence electrons. The lowest BCUT2D eigenvalue weighted by atomic mass is 9.81. The predicted octanol–water partition coefficient (Wildman–Crippen LogP) is 3.58. The number of carboxylic acids is 1. The van der Waals surface area contributed by atoms with Crippen LogP contribution >= 0.6 is 0 Å². The Balaban J connectivity index is 1.65. The first-order valence-corrected chi connectivity index (χ1v) is 8.83. The molecule has 2 fully saturated rings. The zero-order valence-electron chi connectivity index (χ0n) is 15.2. The fourth-order valence-electron chi connectivity index (χ4n) is 4.00. The van der Waals surface area contributed by atoms with Gasteiger partial charge in [0.05, 0.1) is 11.3 Å². The van der Waals surface area contributed by atoms with E-state index in [0.29, 0.717) is 37.9 Å². The number of alkyl halides is 3. The molecule has 0 bridgehead atoms. The number of benzene rings is 1. The summed E-state index contributed by atoms with van der Waals surface area (Å²) in [7, 11) is 0. The minimum absolute atomic E-state index is 0.116. The Morgan fingerprint density at radius 1 is 1.15 bits per heavy atom. The fraction of sp³-hybridized carbons (Fsp3) is 0.579. The van der Waals surface area contributed by atoms with Crippen LogP contribution < -0.4 is 4.74 Å². The molecule has 1 aliphatic carbocycles. The number of halogens is 3. The molecule has 1 amide bonds. The topological polar surface area (TPSA) is 66.8 Å². The number of likely N-dealkylation sites (tertiary alicyclic amines) is 1. The summed E-state index contributed by atoms with van der Waals surface area (Å²) in [5.41, 5.74) is -0.475. The fourth-order valence-corrected chi connectivity index (χ4v) is 4.00. The summed E-state index contributed by atoms with van der Waals surface area (Å²) in [6.07, 6.45) is -2.74. The zero-order chi connectivity index (χ0) is 20.0. The maximum Gasteiger partial charge on any atom is 0.573 e. The van der Waals surface area contributed by atoms with Crippen molar-refractivity contribution in [1.82, 2.24) is 4.90 Å². The molecule has 1 heterocycles. The van der Waals surface area contributed by atoms with E-state index < -0.39 is 17.7 Å². The molecule has 1 atom stereocenters. The lowest BCUT2D eigenvalue weighted by Crippen LogP contribution is -2.47. The predicted molar refractivity (Wildman–Crippen MR) is 90.1 cm³/mol. The van der Waals surface area contributed by atoms with Gasteiger partial charge in [-0.25, -0.2) is 0 Å². The molecule has 1 saturated heterocycles. The number of carbonyl (C=O) groups excluding carboxylic acids is 1. The first-order chi connectivity index (χ1) is 12.4. The second-order valence-electron chi connectivity index (χ2n) is 7.95. The Morgan fingerprint density at radius 3 is 2.15 bits per heavy atom. The van der Waals surface area contributed by atoms with E-state index in [-0.39, 0.29) is 23.0 Å². The number of piperidine rings is 1. The number of rotatable bonds is 4. The second-order valence-corrected chi connectivity index (χ2v) is 7.95. The molecule has 1 unspecified atom stereocenters. The summed E-state index contributed by atoms with van der Waals surface area (Å²) in [4.78, 5) is 25.9. The van der Waals surface area contributed by atoms with Crippen molar-refractivity contribution < 1.29 is 32.6 Å². The maximum absolute atomic E-state index is 13.0. The van der Waals surface area contributed by atoms with Gasteiger partial charge in [0, 0.05) is 13.1 Å². The van der Waals surface area contributed by atoms with E-state index in [1.165, 1.54) is 24.3 Å². The Bertz CT molecular complexity index is 734. The first kappa shape index (κ1) is 19.5. The summed E-state index contributed by atoms with van der Waals surface area (Å²) in [6.45, 7) is 4.47. The van der Waals surface area contributed by atoms with Crippen molar-refractivity contribution in [2.75, 3.05) is 13.1 Å². The van der Waals surface area contributed by atoms with E-state index in [0.717, 1.165) is 0 Å². The minimum Gasteiger partial charge on any atom is -0.481 e. The van der Waals surface area contributed by atoms with Gasteiger partial charge in [0.15, 0.2) is 0 Å². The number of ether oxygens (including phenoxy) is 1. The highest BCUT2D eigenvalue weighted by molar-refractivity contribution is 5.87. The quantitative estimate of drug-likeness (QED) is 0.860. The van der Waals surface area contributed by atoms with E-state index in [4.69, 9.17) is 5.11 Å². The van der Waals surface area contributed by atoms with Gasteiger partial charge in [-0.1, -0.05) is 12.1 Å². The van der Waals surface area contributed by atoms with Gasteiger partial charge in [-0.15, -0.1) is 13.2 Å². The van der Waals surface area contributed by atoms with E-state index in [9.17, 15) is 22.8 Å². The van der Waals surface area contributed by atoms with Crippen LogP contribution in [-0.4, -0.2) is 41.3 Å². The van der Waals surface area contributed by atoms with Crippen LogP contribution in [0.4, 0.5) is 13.2 Å². The molecule has 0 aromatic heterocycles. The molecule has 2 aliphatic rings. The number of hydrogen-bond acceptors (Lipinski definition) is 3. The highest BCUT2D eigenvalue weighted by Gasteiger charge is 2.59. The summed E-state index contributed by atoms with van der Waals surface area (Å²) >= 11 is 0. The third-order valence-electron chi connectivity index (χ3n) is 5.88. The van der Waals surface area contributed by atoms with Crippen molar-refractivity contribution in [2.24, 2.45) is 11.3 Å². The molecule has 1 aromatic carbocycles. The van der Waals surface area contributed by atoms with Crippen LogP contribution in [0.1, 0.15) is 38.7 Å². The minimum atomic E-state index is -4.76. The molecule has 1 spiro atoms. The van der Waals surface area contributed by atoms with Gasteiger partial charge in [-0.3, -0.25) is 9.59 Å². The van der Waals surface area contributed by atoms with Crippen LogP contribution in [0.2, 0.25) is 0 Å². The summed E-state index contributed by atoms with van der Waals surface area (Å²) in [5.74, 6) is -1.52. The van der Waals surface area contributed by atoms with Crippen LogP contribution in [0.25, 0.3) is 0 Å². The van der Waals surface area contributed by atoms with E-state index in [1.54, 1.807) is 18.7 Å². The standard InChI is InChI=1S/C19H22F3NO4/c1-17(2,12-3-5-13(6-4-12)27-19(20,21)22)16(26)23-9-7-18(8-10-23)11-14(18)15(24)25/h3-6,14H,7-11H2,1-2H3,(H,24,25). The van der Waals surface area contributed by atoms with Crippen LogP contribution in [0, 0.1) is 11.3 Å². The average Bonchev–Trinajstić information content (AvgIpc) is 3.28. The number of hydrogen-bond donors (Lipinski definition) is 1. The van der Waals surface area contributed by atoms with Crippen LogP contribution in [-0.2, 0) is 15.0 Å². The maximum atomic E-state index is 13.0. The Hall–Kier alpha value is -2.25. The molecule has 3 rings (SSSR count). The van der Waals surface area contributed by atoms with Gasteiger partial charge in [-0.2, -0.15) is 0 Å². The first-order valence-electron chi connectivity index (χ1n) is 8.83. The molecular weight excluding hydrogens is 363 g/mol. The van der Waals surface area contributed by atoms with Crippen LogP contribution in [0.15, 0.2) is 24.3 Å². The number of amides is 1. The smallest absolute Gasteiger partial charge is 0.481 e. The lowest BCUT2D eigenvalue weighted by Gasteiger charge is -2.37. The van der Waals surface area contributed by atoms with Crippen molar-refractivity contribution in [1.29, 1.82) is 0 Å². The van der Waals surface area contributed by atoms with Crippen LogP contribution in [0.5, 0.6) is 5.75 Å². The molecule has 27 heavy (non-hydrogen) atoms. The summed E-state index contributed by atoms with van der Waals surface area (Å²) in [6, 6.07) is 5.33. The molecule has 0 radical (unpaired) electrons. The Kier molecular flexibility index (Phi) is 4.64. The molecule has 8 heteroatoms. The van der Waals surface area contributed by atoms with Crippen molar-refractivity contribution >= 4 is 11.9 Å². The molecule has 1 N–H and O–H groups in total. The highest BCUT2D eigenvalue weighted by Crippen LogP contribution is 2.59. The number of aliphatic carboxylic acids is 1. The van der Waals surface area contributed by atoms with Crippen molar-refractivity contribution in [2.45, 2.75) is 44.9 Å². The van der Waals surface area contributed by atoms with Gasteiger partial charge >= 0.3 is 12.3 Å². The van der Waals surface area contributed by atoms with Crippen molar-refractivity contribution in [3.63, 3.8) is 0 Å². The summed E-state index contributed by atoms with van der Waals surface area (Å²) in [5, 5.41) is 9.16. The lowest BCUT2D eigenvalue weighted by molar-refractivity contribution is -0.274. The molecule has 5 nitrogen and oxygen atoms in total. The summed E-state index contributed by atoms with van der Waals surface area (Å²) < 4.78 is 40.7. The SMILES string of the molecule is CC(C)(C(=O)N1CCC2(CC1)CC2C(=O)O)c1ccc(OC(F)(F)F)cc1. The van der Waals surface area contributed by atoms with Crippen molar-refractivity contribution in [3.05, 3.63) is 29.8 Å². The van der Waals surface area contributed by atoms with Gasteiger partial charge in [0.25, 0.3) is 0 Å². The molecular formula is C19H22F3NO4. The number of carbonyl (C=O) groups is 2. The zero-order valence-corrected chi connectivity index (χ0v) is 15.2. The largest absolute Gasteiger partial charge is 0.573 e. The third-order valence-corrected chi connectivity index (χ3v) is 5.88. The normalized spacial score (nSPS) is 21.8. The van der Waals surface area contributed by atoms with Gasteiger partial charge in [0.2, 0.25) is 5.91 Å². The molecule has 1 aromatic rings. The second kappa shape index (κ2) is 6.42. The van der Waals surface area contributed by atoms with Crippen LogP contribution in [0.3, 0.4) is 0 Å². The van der Waals surface area contributed by atoms with Gasteiger partial charge in [-0.05, 0) is 56.2 Å². The number of carboxylic acid groups (broad SMARTS) is 1. The Labute approximate surface area is 155 Å². The highest BCUT2D eigenvalue weighted by atomic mass is 19.4. The third kappa shape index (κ3) is 3.89. The van der Waals surface area contributed by atoms with E-state index in [2.05, 4.69) is 4.74 Å². The van der Waals surface area contributed by atoms with Gasteiger partial charge < -0.3 is 14.7 Å². The van der Waals surface area contributed by atoms with E-state index in [1.807, 2.05) is 0 Å². The van der Waals surface area contributed by atoms with E-state index >= 15 is 0 Å². The van der Waals surface area contributed by atoms with Crippen molar-refractivity contribution in [3.8, 4) is 5.75 Å². The Morgan fingerprint density at radius 2 is 1.70 bits per heavy atom. The van der Waals surface area contributed by atoms with Gasteiger partial charge in [0.1, 0.15) is 5.75 Å². The number of nitrogens with zero attached hydrogens (tertiary/aromatic N) is 1. The monoisotopic (exact) mass is 385 g/mol.